The summed E-state index contributed by atoms with van der Waals surface area (Å²) in [4.78, 5) is 72.7. The van der Waals surface area contributed by atoms with Crippen LogP contribution in [0.1, 0.15) is 383 Å². The lowest BCUT2D eigenvalue weighted by Gasteiger charge is -2.21. The number of phosphoric ester groups is 2. The molecular formula is C76H148O17P2. The lowest BCUT2D eigenvalue weighted by molar-refractivity contribution is -0.161. The molecule has 0 fully saturated rings. The Bertz CT molecular complexity index is 1870. The van der Waals surface area contributed by atoms with Crippen LogP contribution in [0.5, 0.6) is 0 Å². The highest BCUT2D eigenvalue weighted by molar-refractivity contribution is 7.47. The van der Waals surface area contributed by atoms with Crippen LogP contribution in [0.25, 0.3) is 0 Å². The minimum Gasteiger partial charge on any atom is -0.462 e. The maximum atomic E-state index is 13.0. The van der Waals surface area contributed by atoms with Gasteiger partial charge in [-0.3, -0.25) is 37.3 Å². The largest absolute Gasteiger partial charge is 0.472 e. The Morgan fingerprint density at radius 2 is 0.505 bits per heavy atom. The standard InChI is InChI=1S/C76H148O17P2/c1-9-69(8)55-47-39-33-35-41-49-57-74(79)87-63-71(92-75(80)58-50-42-31-27-23-19-18-21-25-29-37-45-53-67(4)5)64-90-94(82,83)88-60-70(77)61-89-95(84,85)91-65-72(93-76(81)59-51-43-34-32-38-46-54-68(6)7)62-86-73(78)56-48-40-30-26-22-17-15-13-11-10-12-14-16-20-24-28-36-44-52-66(2)3/h66-72,77H,9-65H2,1-8H3,(H,82,83)(H,84,85)/t69?,70-,71+,72+/m0/s1. The molecule has 0 saturated carbocycles. The van der Waals surface area contributed by atoms with Gasteiger partial charge in [0.25, 0.3) is 0 Å². The molecule has 0 aliphatic rings. The summed E-state index contributed by atoms with van der Waals surface area (Å²) < 4.78 is 68.4. The molecule has 0 aromatic heterocycles. The van der Waals surface area contributed by atoms with Gasteiger partial charge in [-0.15, -0.1) is 0 Å². The highest BCUT2D eigenvalue weighted by Gasteiger charge is 2.30. The summed E-state index contributed by atoms with van der Waals surface area (Å²) in [5.74, 6) is 0.872. The monoisotopic (exact) mass is 1400 g/mol. The number of rotatable bonds is 73. The topological polar surface area (TPSA) is 237 Å². The number of hydrogen-bond acceptors (Lipinski definition) is 15. The summed E-state index contributed by atoms with van der Waals surface area (Å²) in [5.41, 5.74) is 0. The molecule has 6 atom stereocenters. The lowest BCUT2D eigenvalue weighted by atomic mass is 10.00. The second-order valence-corrected chi connectivity index (χ2v) is 32.0. The quantitative estimate of drug-likeness (QED) is 0.0222. The molecule has 3 N–H and O–H groups in total. The van der Waals surface area contributed by atoms with Crippen LogP contribution in [0.3, 0.4) is 0 Å². The van der Waals surface area contributed by atoms with E-state index < -0.39 is 97.5 Å². The molecule has 0 aromatic rings. The van der Waals surface area contributed by atoms with Crippen molar-refractivity contribution in [2.24, 2.45) is 23.7 Å². The molecule has 0 bridgehead atoms. The summed E-state index contributed by atoms with van der Waals surface area (Å²) in [7, 11) is -9.91. The van der Waals surface area contributed by atoms with Gasteiger partial charge in [0.2, 0.25) is 0 Å². The summed E-state index contributed by atoms with van der Waals surface area (Å²) in [6, 6.07) is 0. The van der Waals surface area contributed by atoms with E-state index in [1.807, 2.05) is 0 Å². The predicted octanol–water partition coefficient (Wildman–Crippen LogP) is 22.0. The first-order valence-corrected chi connectivity index (χ1v) is 42.2. The number of hydrogen-bond donors (Lipinski definition) is 3. The van der Waals surface area contributed by atoms with E-state index >= 15 is 0 Å². The zero-order chi connectivity index (χ0) is 70.3. The third kappa shape index (κ3) is 69.0. The summed E-state index contributed by atoms with van der Waals surface area (Å²) in [6.45, 7) is 14.1. The van der Waals surface area contributed by atoms with Crippen molar-refractivity contribution in [1.29, 1.82) is 0 Å². The number of aliphatic hydroxyl groups is 1. The van der Waals surface area contributed by atoms with Gasteiger partial charge in [-0.1, -0.05) is 331 Å². The molecule has 0 heterocycles. The van der Waals surface area contributed by atoms with E-state index in [0.29, 0.717) is 31.6 Å². The molecule has 95 heavy (non-hydrogen) atoms. The molecule has 0 amide bonds. The van der Waals surface area contributed by atoms with Gasteiger partial charge in [-0.2, -0.15) is 0 Å². The zero-order valence-electron chi connectivity index (χ0n) is 62.3. The third-order valence-corrected chi connectivity index (χ3v) is 19.8. The molecule has 17 nitrogen and oxygen atoms in total. The number of phosphoric acid groups is 2. The van der Waals surface area contributed by atoms with E-state index in [0.717, 1.165) is 114 Å². The SMILES string of the molecule is CCC(C)CCCCCCCCC(=O)OC[C@H](COP(=O)(O)OC[C@H](O)COP(=O)(O)OC[C@@H](COC(=O)CCCCCCCCCCCCCCCCCCCCC(C)C)OC(=O)CCCCCCCCC(C)C)OC(=O)CCCCCCCCCCCCCCC(C)C. The number of unbranched alkanes of at least 4 members (excludes halogenated alkanes) is 38. The molecule has 0 aliphatic carbocycles. The summed E-state index contributed by atoms with van der Waals surface area (Å²) >= 11 is 0. The van der Waals surface area contributed by atoms with Crippen molar-refractivity contribution in [3.05, 3.63) is 0 Å². The molecule has 0 aliphatic heterocycles. The van der Waals surface area contributed by atoms with Gasteiger partial charge in [-0.05, 0) is 49.4 Å². The van der Waals surface area contributed by atoms with Gasteiger partial charge < -0.3 is 33.8 Å². The maximum absolute atomic E-state index is 13.0. The molecule has 564 valence electrons. The molecule has 0 radical (unpaired) electrons. The van der Waals surface area contributed by atoms with E-state index in [9.17, 15) is 43.2 Å². The van der Waals surface area contributed by atoms with Crippen LogP contribution in [0.4, 0.5) is 0 Å². The summed E-state index contributed by atoms with van der Waals surface area (Å²) in [5, 5.41) is 10.6. The number of aliphatic hydroxyl groups excluding tert-OH is 1. The fraction of sp³-hybridized carbons (Fsp3) is 0.947. The number of carbonyl (C=O) groups is 4. The fourth-order valence-corrected chi connectivity index (χ4v) is 13.1. The van der Waals surface area contributed by atoms with Crippen LogP contribution in [0.2, 0.25) is 0 Å². The fourth-order valence-electron chi connectivity index (χ4n) is 11.5. The van der Waals surface area contributed by atoms with E-state index in [4.69, 9.17) is 37.0 Å². The van der Waals surface area contributed by atoms with Gasteiger partial charge in [0.1, 0.15) is 19.3 Å². The Morgan fingerprint density at radius 1 is 0.295 bits per heavy atom. The number of ether oxygens (including phenoxy) is 4. The van der Waals surface area contributed by atoms with Crippen molar-refractivity contribution < 1.29 is 80.2 Å². The normalized spacial score (nSPS) is 14.4. The lowest BCUT2D eigenvalue weighted by Crippen LogP contribution is -2.30. The number of esters is 4. The van der Waals surface area contributed by atoms with E-state index in [1.54, 1.807) is 0 Å². The smallest absolute Gasteiger partial charge is 0.462 e. The Balaban J connectivity index is 5.13. The van der Waals surface area contributed by atoms with Crippen LogP contribution >= 0.6 is 15.6 Å². The van der Waals surface area contributed by atoms with Gasteiger partial charge in [-0.25, -0.2) is 9.13 Å². The molecular weight excluding hydrogens is 1250 g/mol. The van der Waals surface area contributed by atoms with E-state index in [-0.39, 0.29) is 25.7 Å². The van der Waals surface area contributed by atoms with Crippen LogP contribution in [0.15, 0.2) is 0 Å². The van der Waals surface area contributed by atoms with Gasteiger partial charge in [0, 0.05) is 25.7 Å². The van der Waals surface area contributed by atoms with Crippen LogP contribution in [-0.2, 0) is 65.4 Å². The van der Waals surface area contributed by atoms with E-state index in [2.05, 4.69) is 55.4 Å². The first kappa shape index (κ1) is 93.1. The van der Waals surface area contributed by atoms with Crippen molar-refractivity contribution in [2.75, 3.05) is 39.6 Å². The molecule has 19 heteroatoms. The first-order valence-electron chi connectivity index (χ1n) is 39.2. The Morgan fingerprint density at radius 3 is 0.747 bits per heavy atom. The third-order valence-electron chi connectivity index (χ3n) is 17.9. The Hall–Kier alpha value is -1.94. The van der Waals surface area contributed by atoms with Gasteiger partial charge in [0.05, 0.1) is 26.4 Å². The molecule has 0 spiro atoms. The van der Waals surface area contributed by atoms with Crippen molar-refractivity contribution in [2.45, 2.75) is 401 Å². The molecule has 0 saturated heterocycles. The first-order chi connectivity index (χ1) is 45.6. The highest BCUT2D eigenvalue weighted by atomic mass is 31.2. The second-order valence-electron chi connectivity index (χ2n) is 29.1. The molecule has 0 rings (SSSR count). The van der Waals surface area contributed by atoms with Gasteiger partial charge in [0.15, 0.2) is 12.2 Å². The Labute approximate surface area is 581 Å². The predicted molar refractivity (Wildman–Crippen MR) is 386 cm³/mol. The number of carbonyl (C=O) groups excluding carboxylic acids is 4. The van der Waals surface area contributed by atoms with Crippen molar-refractivity contribution in [3.8, 4) is 0 Å². The minimum absolute atomic E-state index is 0.102. The average Bonchev–Trinajstić information content (AvgIpc) is 1.25. The van der Waals surface area contributed by atoms with Crippen molar-refractivity contribution in [3.63, 3.8) is 0 Å². The van der Waals surface area contributed by atoms with Gasteiger partial charge >= 0.3 is 39.5 Å². The second kappa shape index (κ2) is 65.4. The Kier molecular flexibility index (Phi) is 64.0. The summed E-state index contributed by atoms with van der Waals surface area (Å²) in [6.07, 6.45) is 50.3. The highest BCUT2D eigenvalue weighted by Crippen LogP contribution is 2.45. The molecule has 0 aromatic carbocycles. The average molecular weight is 1400 g/mol. The van der Waals surface area contributed by atoms with Crippen molar-refractivity contribution >= 4 is 39.5 Å². The van der Waals surface area contributed by atoms with Crippen LogP contribution < -0.4 is 0 Å². The minimum atomic E-state index is -4.95. The maximum Gasteiger partial charge on any atom is 0.472 e. The van der Waals surface area contributed by atoms with Crippen LogP contribution in [0, 0.1) is 23.7 Å². The zero-order valence-corrected chi connectivity index (χ0v) is 64.1. The molecule has 3 unspecified atom stereocenters. The van der Waals surface area contributed by atoms with E-state index in [1.165, 1.54) is 180 Å². The van der Waals surface area contributed by atoms with Crippen molar-refractivity contribution in [1.82, 2.24) is 0 Å². The van der Waals surface area contributed by atoms with Crippen LogP contribution in [-0.4, -0.2) is 96.7 Å².